The molecule has 1 unspecified atom stereocenters. The standard InChI is InChI=1S/C14H14F3NO2/c1-2-3-11(19)6-7-20-12-5-4-10(9-18)13(8-12)14(15,16)17/h2,4-5,8,11,19H,1,3,6-7H2. The molecule has 1 atom stereocenters. The number of aliphatic hydroxyl groups excluding tert-OH is 1. The van der Waals surface area contributed by atoms with Crippen LogP contribution in [-0.4, -0.2) is 17.8 Å². The van der Waals surface area contributed by atoms with Crippen LogP contribution in [0.25, 0.3) is 0 Å². The van der Waals surface area contributed by atoms with E-state index in [0.717, 1.165) is 12.1 Å². The summed E-state index contributed by atoms with van der Waals surface area (Å²) < 4.78 is 43.3. The predicted molar refractivity (Wildman–Crippen MR) is 67.1 cm³/mol. The highest BCUT2D eigenvalue weighted by Gasteiger charge is 2.34. The van der Waals surface area contributed by atoms with Crippen molar-refractivity contribution in [2.75, 3.05) is 6.61 Å². The number of rotatable bonds is 6. The second-order valence-corrected chi connectivity index (χ2v) is 4.13. The molecule has 0 aliphatic carbocycles. The van der Waals surface area contributed by atoms with E-state index in [1.165, 1.54) is 12.1 Å². The Balaban J connectivity index is 2.73. The second kappa shape index (κ2) is 6.96. The number of hydrogen-bond acceptors (Lipinski definition) is 3. The fraction of sp³-hybridized carbons (Fsp3) is 0.357. The zero-order valence-electron chi connectivity index (χ0n) is 10.7. The Bertz CT molecular complexity index is 506. The molecule has 0 heterocycles. The normalized spacial score (nSPS) is 12.6. The molecular formula is C14H14F3NO2. The Labute approximate surface area is 114 Å². The van der Waals surface area contributed by atoms with E-state index in [1.807, 2.05) is 0 Å². The van der Waals surface area contributed by atoms with E-state index >= 15 is 0 Å². The van der Waals surface area contributed by atoms with E-state index in [-0.39, 0.29) is 18.8 Å². The third-order valence-corrected chi connectivity index (χ3v) is 2.58. The monoisotopic (exact) mass is 285 g/mol. The van der Waals surface area contributed by atoms with Crippen LogP contribution in [0.15, 0.2) is 30.9 Å². The number of benzene rings is 1. The molecule has 0 aliphatic heterocycles. The third-order valence-electron chi connectivity index (χ3n) is 2.58. The minimum absolute atomic E-state index is 0.0159. The fourth-order valence-corrected chi connectivity index (χ4v) is 1.57. The molecule has 108 valence electrons. The van der Waals surface area contributed by atoms with Crippen LogP contribution < -0.4 is 4.74 Å². The van der Waals surface area contributed by atoms with Crippen molar-refractivity contribution in [3.05, 3.63) is 42.0 Å². The van der Waals surface area contributed by atoms with E-state index < -0.39 is 23.4 Å². The lowest BCUT2D eigenvalue weighted by Crippen LogP contribution is -2.12. The quantitative estimate of drug-likeness (QED) is 0.816. The largest absolute Gasteiger partial charge is 0.493 e. The Morgan fingerprint density at radius 2 is 2.15 bits per heavy atom. The minimum Gasteiger partial charge on any atom is -0.493 e. The van der Waals surface area contributed by atoms with Crippen LogP contribution in [0.5, 0.6) is 5.75 Å². The van der Waals surface area contributed by atoms with Gasteiger partial charge in [0.25, 0.3) is 0 Å². The highest BCUT2D eigenvalue weighted by atomic mass is 19.4. The molecular weight excluding hydrogens is 271 g/mol. The number of aliphatic hydroxyl groups is 1. The van der Waals surface area contributed by atoms with E-state index in [0.29, 0.717) is 6.42 Å². The predicted octanol–water partition coefficient (Wildman–Crippen LogP) is 3.28. The number of hydrogen-bond donors (Lipinski definition) is 1. The SMILES string of the molecule is C=CCC(O)CCOc1ccc(C#N)c(C(F)(F)F)c1. The van der Waals surface area contributed by atoms with Crippen molar-refractivity contribution in [2.24, 2.45) is 0 Å². The van der Waals surface area contributed by atoms with Crippen molar-refractivity contribution in [2.45, 2.75) is 25.1 Å². The van der Waals surface area contributed by atoms with Crippen LogP contribution in [0.4, 0.5) is 13.2 Å². The molecule has 0 fully saturated rings. The molecule has 1 aromatic rings. The second-order valence-electron chi connectivity index (χ2n) is 4.13. The molecule has 0 saturated carbocycles. The van der Waals surface area contributed by atoms with Gasteiger partial charge in [0.05, 0.1) is 29.9 Å². The molecule has 0 saturated heterocycles. The van der Waals surface area contributed by atoms with Gasteiger partial charge in [0.2, 0.25) is 0 Å². The summed E-state index contributed by atoms with van der Waals surface area (Å²) >= 11 is 0. The van der Waals surface area contributed by atoms with Crippen molar-refractivity contribution in [1.29, 1.82) is 5.26 Å². The maximum Gasteiger partial charge on any atom is 0.417 e. The van der Waals surface area contributed by atoms with E-state index in [9.17, 15) is 18.3 Å². The summed E-state index contributed by atoms with van der Waals surface area (Å²) in [6, 6.07) is 4.65. The van der Waals surface area contributed by atoms with Gasteiger partial charge in [-0.3, -0.25) is 0 Å². The number of nitriles is 1. The lowest BCUT2D eigenvalue weighted by Gasteiger charge is -2.13. The van der Waals surface area contributed by atoms with Gasteiger partial charge in [-0.1, -0.05) is 6.08 Å². The van der Waals surface area contributed by atoms with E-state index in [1.54, 1.807) is 6.08 Å². The molecule has 0 bridgehead atoms. The Morgan fingerprint density at radius 3 is 2.70 bits per heavy atom. The van der Waals surface area contributed by atoms with Gasteiger partial charge in [-0.05, 0) is 24.6 Å². The van der Waals surface area contributed by atoms with Crippen LogP contribution in [-0.2, 0) is 6.18 Å². The van der Waals surface area contributed by atoms with E-state index in [2.05, 4.69) is 6.58 Å². The Kier molecular flexibility index (Phi) is 5.59. The first kappa shape index (κ1) is 16.1. The summed E-state index contributed by atoms with van der Waals surface area (Å²) in [6.07, 6.45) is -3.01. The van der Waals surface area contributed by atoms with Crippen LogP contribution in [0.3, 0.4) is 0 Å². The molecule has 3 nitrogen and oxygen atoms in total. The summed E-state index contributed by atoms with van der Waals surface area (Å²) in [6.45, 7) is 3.55. The van der Waals surface area contributed by atoms with Gasteiger partial charge in [-0.15, -0.1) is 6.58 Å². The van der Waals surface area contributed by atoms with Crippen molar-refractivity contribution in [1.82, 2.24) is 0 Å². The Morgan fingerprint density at radius 1 is 1.45 bits per heavy atom. The van der Waals surface area contributed by atoms with Gasteiger partial charge in [0, 0.05) is 6.42 Å². The number of nitrogens with zero attached hydrogens (tertiary/aromatic N) is 1. The molecule has 1 rings (SSSR count). The third kappa shape index (κ3) is 4.59. The van der Waals surface area contributed by atoms with Gasteiger partial charge < -0.3 is 9.84 Å². The zero-order chi connectivity index (χ0) is 15.2. The van der Waals surface area contributed by atoms with Crippen molar-refractivity contribution < 1.29 is 23.0 Å². The van der Waals surface area contributed by atoms with Crippen LogP contribution >= 0.6 is 0 Å². The van der Waals surface area contributed by atoms with Gasteiger partial charge in [0.15, 0.2) is 0 Å². The van der Waals surface area contributed by atoms with Crippen LogP contribution in [0, 0.1) is 11.3 Å². The summed E-state index contributed by atoms with van der Waals surface area (Å²) in [4.78, 5) is 0. The minimum atomic E-state index is -4.60. The molecule has 0 spiro atoms. The van der Waals surface area contributed by atoms with Gasteiger partial charge in [-0.25, -0.2) is 0 Å². The first-order chi connectivity index (χ1) is 9.38. The van der Waals surface area contributed by atoms with Gasteiger partial charge >= 0.3 is 6.18 Å². The molecule has 20 heavy (non-hydrogen) atoms. The first-order valence-corrected chi connectivity index (χ1v) is 5.91. The van der Waals surface area contributed by atoms with Crippen molar-refractivity contribution >= 4 is 0 Å². The van der Waals surface area contributed by atoms with Gasteiger partial charge in [0.1, 0.15) is 5.75 Å². The highest BCUT2D eigenvalue weighted by molar-refractivity contribution is 5.44. The van der Waals surface area contributed by atoms with Crippen LogP contribution in [0.2, 0.25) is 0 Å². The zero-order valence-corrected chi connectivity index (χ0v) is 10.7. The molecule has 0 amide bonds. The molecule has 1 N–H and O–H groups in total. The first-order valence-electron chi connectivity index (χ1n) is 5.91. The maximum absolute atomic E-state index is 12.7. The van der Waals surface area contributed by atoms with Crippen LogP contribution in [0.1, 0.15) is 24.0 Å². The average Bonchev–Trinajstić information content (AvgIpc) is 2.38. The smallest absolute Gasteiger partial charge is 0.417 e. The summed E-state index contributed by atoms with van der Waals surface area (Å²) in [5, 5.41) is 18.1. The van der Waals surface area contributed by atoms with Crippen molar-refractivity contribution in [3.8, 4) is 11.8 Å². The summed E-state index contributed by atoms with van der Waals surface area (Å²) in [5.74, 6) is 0.0159. The van der Waals surface area contributed by atoms with Crippen molar-refractivity contribution in [3.63, 3.8) is 0 Å². The molecule has 0 aromatic heterocycles. The lowest BCUT2D eigenvalue weighted by atomic mass is 10.1. The molecule has 6 heteroatoms. The Hall–Kier alpha value is -2.00. The highest BCUT2D eigenvalue weighted by Crippen LogP contribution is 2.34. The van der Waals surface area contributed by atoms with E-state index in [4.69, 9.17) is 10.00 Å². The molecule has 1 aromatic carbocycles. The lowest BCUT2D eigenvalue weighted by molar-refractivity contribution is -0.137. The topological polar surface area (TPSA) is 53.2 Å². The summed E-state index contributed by atoms with van der Waals surface area (Å²) in [7, 11) is 0. The fourth-order valence-electron chi connectivity index (χ4n) is 1.57. The molecule has 0 aliphatic rings. The maximum atomic E-state index is 12.7. The number of ether oxygens (including phenoxy) is 1. The number of alkyl halides is 3. The average molecular weight is 285 g/mol. The number of halogens is 3. The summed E-state index contributed by atoms with van der Waals surface area (Å²) in [5.41, 5.74) is -1.47. The molecule has 0 radical (unpaired) electrons. The van der Waals surface area contributed by atoms with Gasteiger partial charge in [-0.2, -0.15) is 18.4 Å².